The van der Waals surface area contributed by atoms with E-state index in [1.807, 2.05) is 11.8 Å². The van der Waals surface area contributed by atoms with Gasteiger partial charge in [0.2, 0.25) is 0 Å². The smallest absolute Gasteiger partial charge is 0.159 e. The molecule has 16 heavy (non-hydrogen) atoms. The number of hydrogen-bond acceptors (Lipinski definition) is 3. The fourth-order valence-electron chi connectivity index (χ4n) is 1.36. The van der Waals surface area contributed by atoms with Crippen molar-refractivity contribution in [1.29, 1.82) is 0 Å². The van der Waals surface area contributed by atoms with Crippen LogP contribution in [-0.2, 0) is 0 Å². The van der Waals surface area contributed by atoms with Gasteiger partial charge in [0.25, 0.3) is 0 Å². The van der Waals surface area contributed by atoms with E-state index in [2.05, 4.69) is 64.4 Å². The highest BCUT2D eigenvalue weighted by molar-refractivity contribution is 9.11. The molecule has 0 atom stereocenters. The summed E-state index contributed by atoms with van der Waals surface area (Å²) in [5.41, 5.74) is 2.22. The zero-order valence-electron chi connectivity index (χ0n) is 9.11. The van der Waals surface area contributed by atoms with Crippen LogP contribution in [0.25, 0.3) is 11.3 Å². The van der Waals surface area contributed by atoms with Crippen LogP contribution in [0.3, 0.4) is 0 Å². The largest absolute Gasteiger partial charge is 0.229 e. The van der Waals surface area contributed by atoms with E-state index in [1.54, 1.807) is 11.3 Å². The second kappa shape index (κ2) is 5.34. The van der Waals surface area contributed by atoms with Gasteiger partial charge in [-0.15, -0.1) is 23.1 Å². The maximum Gasteiger partial charge on any atom is 0.159 e. The van der Waals surface area contributed by atoms with E-state index >= 15 is 0 Å². The van der Waals surface area contributed by atoms with Crippen LogP contribution in [0.2, 0.25) is 0 Å². The van der Waals surface area contributed by atoms with Gasteiger partial charge in [-0.25, -0.2) is 4.98 Å². The first-order valence-electron chi connectivity index (χ1n) is 5.03. The Morgan fingerprint density at radius 1 is 1.25 bits per heavy atom. The lowest BCUT2D eigenvalue weighted by atomic mass is 10.2. The minimum atomic E-state index is 0.624. The summed E-state index contributed by atoms with van der Waals surface area (Å²) in [6.07, 6.45) is 0. The van der Waals surface area contributed by atoms with Gasteiger partial charge in [-0.05, 0) is 28.1 Å². The number of thioether (sulfide) groups is 1. The summed E-state index contributed by atoms with van der Waals surface area (Å²) in [4.78, 5) is 5.71. The summed E-state index contributed by atoms with van der Waals surface area (Å²) in [5, 5.41) is 2.69. The molecule has 0 N–H and O–H groups in total. The van der Waals surface area contributed by atoms with Crippen LogP contribution in [0.4, 0.5) is 0 Å². The Bertz CT molecular complexity index is 462. The predicted molar refractivity (Wildman–Crippen MR) is 76.2 cm³/mol. The Hall–Kier alpha value is -0.320. The second-order valence-electron chi connectivity index (χ2n) is 3.68. The maximum atomic E-state index is 4.40. The van der Waals surface area contributed by atoms with Gasteiger partial charge in [-0.1, -0.05) is 26.0 Å². The number of rotatable bonds is 3. The summed E-state index contributed by atoms with van der Waals surface area (Å²) in [7, 11) is 0. The lowest BCUT2D eigenvalue weighted by Gasteiger charge is -2.04. The molecule has 84 valence electrons. The molecule has 0 fully saturated rings. The van der Waals surface area contributed by atoms with Crippen LogP contribution in [0, 0.1) is 0 Å². The number of benzene rings is 1. The third-order valence-electron chi connectivity index (χ3n) is 2.00. The first-order valence-corrected chi connectivity index (χ1v) is 7.58. The number of hydrogen-bond donors (Lipinski definition) is 0. The fraction of sp³-hybridized carbons (Fsp3) is 0.250. The molecule has 0 amide bonds. The SMILES string of the molecule is CC(C)Sc1ccc(-c2csc(Br)n2)cc1. The van der Waals surface area contributed by atoms with Crippen molar-refractivity contribution in [2.75, 3.05) is 0 Å². The topological polar surface area (TPSA) is 12.9 Å². The van der Waals surface area contributed by atoms with Gasteiger partial charge < -0.3 is 0 Å². The average molecular weight is 314 g/mol. The van der Waals surface area contributed by atoms with E-state index in [4.69, 9.17) is 0 Å². The summed E-state index contributed by atoms with van der Waals surface area (Å²) in [5.74, 6) is 0. The van der Waals surface area contributed by atoms with Crippen molar-refractivity contribution in [2.45, 2.75) is 24.0 Å². The first kappa shape index (κ1) is 12.1. The Morgan fingerprint density at radius 2 is 1.94 bits per heavy atom. The van der Waals surface area contributed by atoms with E-state index in [-0.39, 0.29) is 0 Å². The van der Waals surface area contributed by atoms with E-state index in [1.165, 1.54) is 10.5 Å². The average Bonchev–Trinajstić information content (AvgIpc) is 2.65. The second-order valence-corrected chi connectivity index (χ2v) is 7.46. The summed E-state index contributed by atoms with van der Waals surface area (Å²) >= 11 is 6.87. The summed E-state index contributed by atoms with van der Waals surface area (Å²) in [6, 6.07) is 8.58. The van der Waals surface area contributed by atoms with Crippen molar-refractivity contribution in [1.82, 2.24) is 4.98 Å². The number of thiazole rings is 1. The Kier molecular flexibility index (Phi) is 4.05. The molecule has 0 spiro atoms. The third kappa shape index (κ3) is 3.09. The maximum absolute atomic E-state index is 4.40. The molecule has 1 heterocycles. The summed E-state index contributed by atoms with van der Waals surface area (Å²) in [6.45, 7) is 4.41. The highest BCUT2D eigenvalue weighted by atomic mass is 79.9. The van der Waals surface area contributed by atoms with Crippen molar-refractivity contribution in [3.05, 3.63) is 33.6 Å². The van der Waals surface area contributed by atoms with Crippen LogP contribution in [0.1, 0.15) is 13.8 Å². The summed E-state index contributed by atoms with van der Waals surface area (Å²) < 4.78 is 0.933. The molecule has 0 bridgehead atoms. The van der Waals surface area contributed by atoms with Crippen LogP contribution in [-0.4, -0.2) is 10.2 Å². The standard InChI is InChI=1S/C12H12BrNS2/c1-8(2)16-10-5-3-9(4-6-10)11-7-15-12(13)14-11/h3-8H,1-2H3. The molecule has 1 aromatic heterocycles. The minimum Gasteiger partial charge on any atom is -0.229 e. The molecule has 0 aliphatic carbocycles. The monoisotopic (exact) mass is 313 g/mol. The Morgan fingerprint density at radius 3 is 2.44 bits per heavy atom. The van der Waals surface area contributed by atoms with Crippen molar-refractivity contribution < 1.29 is 0 Å². The van der Waals surface area contributed by atoms with Gasteiger partial charge in [-0.3, -0.25) is 0 Å². The van der Waals surface area contributed by atoms with Crippen LogP contribution < -0.4 is 0 Å². The van der Waals surface area contributed by atoms with Gasteiger partial charge >= 0.3 is 0 Å². The molecular formula is C12H12BrNS2. The van der Waals surface area contributed by atoms with Crippen LogP contribution in [0.5, 0.6) is 0 Å². The quantitative estimate of drug-likeness (QED) is 0.733. The van der Waals surface area contributed by atoms with Gasteiger partial charge in [0.05, 0.1) is 5.69 Å². The molecule has 2 aromatic rings. The Balaban J connectivity index is 2.19. The Labute approximate surface area is 112 Å². The molecule has 0 saturated carbocycles. The van der Waals surface area contributed by atoms with Crippen molar-refractivity contribution in [2.24, 2.45) is 0 Å². The third-order valence-corrected chi connectivity index (χ3v) is 4.38. The molecule has 0 radical (unpaired) electrons. The predicted octanol–water partition coefficient (Wildman–Crippen LogP) is 5.07. The van der Waals surface area contributed by atoms with E-state index in [0.717, 1.165) is 9.61 Å². The molecular weight excluding hydrogens is 302 g/mol. The van der Waals surface area contributed by atoms with Crippen molar-refractivity contribution >= 4 is 39.0 Å². The number of aromatic nitrogens is 1. The lowest BCUT2D eigenvalue weighted by Crippen LogP contribution is -1.85. The molecule has 1 aromatic carbocycles. The highest BCUT2D eigenvalue weighted by Crippen LogP contribution is 2.28. The van der Waals surface area contributed by atoms with Gasteiger partial charge in [0, 0.05) is 21.1 Å². The van der Waals surface area contributed by atoms with Gasteiger partial charge in [-0.2, -0.15) is 0 Å². The number of halogens is 1. The molecule has 0 aliphatic heterocycles. The molecule has 4 heteroatoms. The van der Waals surface area contributed by atoms with E-state index in [0.29, 0.717) is 5.25 Å². The van der Waals surface area contributed by atoms with Crippen LogP contribution >= 0.6 is 39.0 Å². The van der Waals surface area contributed by atoms with Crippen LogP contribution in [0.15, 0.2) is 38.5 Å². The molecule has 0 unspecified atom stereocenters. The minimum absolute atomic E-state index is 0.624. The number of nitrogens with zero attached hydrogens (tertiary/aromatic N) is 1. The van der Waals surface area contributed by atoms with Crippen molar-refractivity contribution in [3.63, 3.8) is 0 Å². The molecule has 0 aliphatic rings. The normalized spacial score (nSPS) is 11.0. The van der Waals surface area contributed by atoms with E-state index in [9.17, 15) is 0 Å². The zero-order chi connectivity index (χ0) is 11.5. The molecule has 1 nitrogen and oxygen atoms in total. The van der Waals surface area contributed by atoms with Crippen molar-refractivity contribution in [3.8, 4) is 11.3 Å². The first-order chi connectivity index (χ1) is 7.65. The molecule has 0 saturated heterocycles. The fourth-order valence-corrected chi connectivity index (χ4v) is 3.22. The van der Waals surface area contributed by atoms with Gasteiger partial charge in [0.15, 0.2) is 3.92 Å². The van der Waals surface area contributed by atoms with E-state index < -0.39 is 0 Å². The van der Waals surface area contributed by atoms with Gasteiger partial charge in [0.1, 0.15) is 0 Å². The lowest BCUT2D eigenvalue weighted by molar-refractivity contribution is 1.11. The molecule has 2 rings (SSSR count). The highest BCUT2D eigenvalue weighted by Gasteiger charge is 2.03. The zero-order valence-corrected chi connectivity index (χ0v) is 12.3.